The highest BCUT2D eigenvalue weighted by atomic mass is 32.1. The fourth-order valence-corrected chi connectivity index (χ4v) is 3.31. The molecule has 1 aromatic heterocycles. The van der Waals surface area contributed by atoms with E-state index in [1.54, 1.807) is 11.3 Å². The van der Waals surface area contributed by atoms with Crippen LogP contribution in [-0.4, -0.2) is 48.9 Å². The standard InChI is InChI=1S/C15H25N3OS/c1-5-11(2)13-15(19)18(9-8-17(3)4)14(16-13)12-7-6-10-20-12/h6-7,10-11,13-14,16H,5,8-9H2,1-4H3. The Morgan fingerprint density at radius 1 is 1.50 bits per heavy atom. The highest BCUT2D eigenvalue weighted by Crippen LogP contribution is 2.31. The minimum absolute atomic E-state index is 0.0430. The van der Waals surface area contributed by atoms with Crippen molar-refractivity contribution < 1.29 is 4.79 Å². The van der Waals surface area contributed by atoms with E-state index in [-0.39, 0.29) is 18.1 Å². The third kappa shape index (κ3) is 3.22. The lowest BCUT2D eigenvalue weighted by Crippen LogP contribution is -2.38. The Balaban J connectivity index is 2.17. The van der Waals surface area contributed by atoms with Gasteiger partial charge in [-0.1, -0.05) is 26.3 Å². The fraction of sp³-hybridized carbons (Fsp3) is 0.667. The number of rotatable bonds is 6. The van der Waals surface area contributed by atoms with Gasteiger partial charge in [-0.25, -0.2) is 0 Å². The zero-order chi connectivity index (χ0) is 14.7. The summed E-state index contributed by atoms with van der Waals surface area (Å²) < 4.78 is 0. The first-order chi connectivity index (χ1) is 9.54. The van der Waals surface area contributed by atoms with Crippen molar-refractivity contribution >= 4 is 17.2 Å². The molecule has 5 heteroatoms. The molecule has 2 heterocycles. The van der Waals surface area contributed by atoms with Gasteiger partial charge in [-0.2, -0.15) is 0 Å². The van der Waals surface area contributed by atoms with Crippen LogP contribution in [0.25, 0.3) is 0 Å². The highest BCUT2D eigenvalue weighted by Gasteiger charge is 2.41. The third-order valence-corrected chi connectivity index (χ3v) is 4.94. The zero-order valence-electron chi connectivity index (χ0n) is 12.8. The van der Waals surface area contributed by atoms with Crippen LogP contribution in [0.1, 0.15) is 31.3 Å². The van der Waals surface area contributed by atoms with Gasteiger partial charge in [0, 0.05) is 18.0 Å². The molecule has 1 amide bonds. The molecule has 112 valence electrons. The van der Waals surface area contributed by atoms with E-state index in [9.17, 15) is 4.79 Å². The van der Waals surface area contributed by atoms with E-state index in [1.807, 2.05) is 25.1 Å². The van der Waals surface area contributed by atoms with Gasteiger partial charge in [-0.15, -0.1) is 11.3 Å². The monoisotopic (exact) mass is 295 g/mol. The Bertz CT molecular complexity index is 432. The van der Waals surface area contributed by atoms with Crippen molar-refractivity contribution in [1.82, 2.24) is 15.1 Å². The van der Waals surface area contributed by atoms with E-state index >= 15 is 0 Å². The van der Waals surface area contributed by atoms with Crippen molar-refractivity contribution in [1.29, 1.82) is 0 Å². The molecular weight excluding hydrogens is 270 g/mol. The van der Waals surface area contributed by atoms with E-state index in [4.69, 9.17) is 0 Å². The van der Waals surface area contributed by atoms with E-state index in [0.29, 0.717) is 5.92 Å². The van der Waals surface area contributed by atoms with Crippen LogP contribution in [-0.2, 0) is 4.79 Å². The second-order valence-electron chi connectivity index (χ2n) is 5.78. The maximum absolute atomic E-state index is 12.7. The molecule has 1 aromatic rings. The lowest BCUT2D eigenvalue weighted by atomic mass is 9.99. The summed E-state index contributed by atoms with van der Waals surface area (Å²) in [5, 5.41) is 5.61. The first kappa shape index (κ1) is 15.5. The van der Waals surface area contributed by atoms with Crippen molar-refractivity contribution in [2.75, 3.05) is 27.2 Å². The van der Waals surface area contributed by atoms with Crippen LogP contribution < -0.4 is 5.32 Å². The Morgan fingerprint density at radius 2 is 2.25 bits per heavy atom. The van der Waals surface area contributed by atoms with Crippen LogP contribution >= 0.6 is 11.3 Å². The summed E-state index contributed by atoms with van der Waals surface area (Å²) >= 11 is 1.71. The van der Waals surface area contributed by atoms with Crippen molar-refractivity contribution in [2.24, 2.45) is 5.92 Å². The van der Waals surface area contributed by atoms with Gasteiger partial charge in [0.2, 0.25) is 5.91 Å². The van der Waals surface area contributed by atoms with Crippen LogP contribution in [0.4, 0.5) is 0 Å². The Hall–Kier alpha value is -0.910. The number of hydrogen-bond donors (Lipinski definition) is 1. The van der Waals surface area contributed by atoms with Crippen molar-refractivity contribution in [3.05, 3.63) is 22.4 Å². The zero-order valence-corrected chi connectivity index (χ0v) is 13.6. The van der Waals surface area contributed by atoms with Gasteiger partial charge in [0.25, 0.3) is 0 Å². The fourth-order valence-electron chi connectivity index (χ4n) is 2.51. The molecule has 3 atom stereocenters. The van der Waals surface area contributed by atoms with Crippen molar-refractivity contribution in [3.63, 3.8) is 0 Å². The van der Waals surface area contributed by atoms with Crippen LogP contribution in [0.3, 0.4) is 0 Å². The van der Waals surface area contributed by atoms with E-state index < -0.39 is 0 Å². The maximum Gasteiger partial charge on any atom is 0.241 e. The van der Waals surface area contributed by atoms with Crippen LogP contribution in [0, 0.1) is 5.92 Å². The molecule has 3 unspecified atom stereocenters. The Kier molecular flexibility index (Phi) is 5.18. The molecular formula is C15H25N3OS. The van der Waals surface area contributed by atoms with E-state index in [2.05, 4.69) is 35.5 Å². The van der Waals surface area contributed by atoms with Gasteiger partial charge >= 0.3 is 0 Å². The molecule has 0 aliphatic carbocycles. The molecule has 4 nitrogen and oxygen atoms in total. The SMILES string of the molecule is CCC(C)C1NC(c2cccs2)N(CCN(C)C)C1=O. The number of nitrogens with zero attached hydrogens (tertiary/aromatic N) is 2. The van der Waals surface area contributed by atoms with Crippen molar-refractivity contribution in [2.45, 2.75) is 32.5 Å². The molecule has 0 bridgehead atoms. The number of hydrogen-bond acceptors (Lipinski definition) is 4. The van der Waals surface area contributed by atoms with Crippen LogP contribution in [0.15, 0.2) is 17.5 Å². The summed E-state index contributed by atoms with van der Waals surface area (Å²) in [5.74, 6) is 0.619. The maximum atomic E-state index is 12.7. The van der Waals surface area contributed by atoms with E-state index in [1.165, 1.54) is 4.88 Å². The lowest BCUT2D eigenvalue weighted by Gasteiger charge is -2.24. The summed E-state index contributed by atoms with van der Waals surface area (Å²) in [7, 11) is 4.08. The molecule has 0 aromatic carbocycles. The average Bonchev–Trinajstić information content (AvgIpc) is 3.03. The number of amides is 1. The Morgan fingerprint density at radius 3 is 2.80 bits per heavy atom. The molecule has 1 fully saturated rings. The number of carbonyl (C=O) groups is 1. The second-order valence-corrected chi connectivity index (χ2v) is 6.76. The normalized spacial score (nSPS) is 24.6. The topological polar surface area (TPSA) is 35.6 Å². The molecule has 1 N–H and O–H groups in total. The third-order valence-electron chi connectivity index (χ3n) is 4.01. The largest absolute Gasteiger partial charge is 0.319 e. The summed E-state index contributed by atoms with van der Waals surface area (Å²) in [5.41, 5.74) is 0. The summed E-state index contributed by atoms with van der Waals surface area (Å²) in [6.45, 7) is 5.95. The summed E-state index contributed by atoms with van der Waals surface area (Å²) in [6, 6.07) is 4.11. The van der Waals surface area contributed by atoms with Gasteiger partial charge in [0.1, 0.15) is 6.17 Å². The molecule has 0 saturated carbocycles. The average molecular weight is 295 g/mol. The van der Waals surface area contributed by atoms with Gasteiger partial charge < -0.3 is 9.80 Å². The Labute approximate surface area is 125 Å². The smallest absolute Gasteiger partial charge is 0.241 e. The van der Waals surface area contributed by atoms with Crippen LogP contribution in [0.5, 0.6) is 0 Å². The molecule has 1 aliphatic rings. The number of nitrogens with one attached hydrogen (secondary N) is 1. The minimum Gasteiger partial charge on any atom is -0.319 e. The van der Waals surface area contributed by atoms with Crippen molar-refractivity contribution in [3.8, 4) is 0 Å². The number of likely N-dealkylation sites (N-methyl/N-ethyl adjacent to an activating group) is 1. The van der Waals surface area contributed by atoms with Gasteiger partial charge in [0.15, 0.2) is 0 Å². The predicted molar refractivity (Wildman–Crippen MR) is 83.7 cm³/mol. The predicted octanol–water partition coefficient (Wildman–Crippen LogP) is 2.15. The van der Waals surface area contributed by atoms with Gasteiger partial charge in [-0.05, 0) is 31.5 Å². The van der Waals surface area contributed by atoms with Gasteiger partial charge in [-0.3, -0.25) is 10.1 Å². The molecule has 1 saturated heterocycles. The van der Waals surface area contributed by atoms with Crippen LogP contribution in [0.2, 0.25) is 0 Å². The van der Waals surface area contributed by atoms with E-state index in [0.717, 1.165) is 19.5 Å². The second kappa shape index (κ2) is 6.70. The molecule has 2 rings (SSSR count). The first-order valence-electron chi connectivity index (χ1n) is 7.29. The molecule has 0 spiro atoms. The lowest BCUT2D eigenvalue weighted by molar-refractivity contribution is -0.131. The molecule has 0 radical (unpaired) electrons. The highest BCUT2D eigenvalue weighted by molar-refractivity contribution is 7.10. The van der Waals surface area contributed by atoms with Gasteiger partial charge in [0.05, 0.1) is 6.04 Å². The summed E-state index contributed by atoms with van der Waals surface area (Å²) in [6.07, 6.45) is 1.06. The molecule has 20 heavy (non-hydrogen) atoms. The summed E-state index contributed by atoms with van der Waals surface area (Å²) in [4.78, 5) is 18.0. The quantitative estimate of drug-likeness (QED) is 0.873. The molecule has 1 aliphatic heterocycles. The first-order valence-corrected chi connectivity index (χ1v) is 8.17. The number of carbonyl (C=O) groups excluding carboxylic acids is 1. The number of thiophene rings is 1. The minimum atomic E-state index is -0.0470.